The van der Waals surface area contributed by atoms with Crippen LogP contribution in [0.5, 0.6) is 0 Å². The Kier molecular flexibility index (Phi) is 9.85. The summed E-state index contributed by atoms with van der Waals surface area (Å²) in [5.41, 5.74) is 4.21. The summed E-state index contributed by atoms with van der Waals surface area (Å²) in [6, 6.07) is 7.54. The van der Waals surface area contributed by atoms with Crippen LogP contribution in [0.25, 0.3) is 0 Å². The second-order valence-corrected chi connectivity index (χ2v) is 11.5. The fourth-order valence-electron chi connectivity index (χ4n) is 5.51. The van der Waals surface area contributed by atoms with E-state index in [9.17, 15) is 30.3 Å². The molecule has 7 atom stereocenters. The van der Waals surface area contributed by atoms with Gasteiger partial charge < -0.3 is 39.9 Å². The van der Waals surface area contributed by atoms with Gasteiger partial charge in [0.15, 0.2) is 17.8 Å². The zero-order valence-corrected chi connectivity index (χ0v) is 24.9. The largest absolute Gasteiger partial charge is 0.848 e. The third-order valence-electron chi connectivity index (χ3n) is 8.23. The first-order valence-electron chi connectivity index (χ1n) is 14.6. The number of ketones is 1. The Balaban J connectivity index is 1.08. The van der Waals surface area contributed by atoms with E-state index in [1.807, 2.05) is 74.3 Å². The fraction of sp³-hybridized carbons (Fsp3) is 0.484. The minimum atomic E-state index is -1.51. The van der Waals surface area contributed by atoms with Crippen molar-refractivity contribution >= 4 is 17.2 Å². The minimum absolute atomic E-state index is 0.0509. The minimum Gasteiger partial charge on any atom is -0.848 e. The highest BCUT2D eigenvalue weighted by Crippen LogP contribution is 2.39. The number of aliphatic hydroxyl groups is 4. The van der Waals surface area contributed by atoms with Gasteiger partial charge in [-0.1, -0.05) is 23.5 Å². The van der Waals surface area contributed by atoms with Gasteiger partial charge in [0.25, 0.3) is 0 Å². The molecule has 2 heterocycles. The molecule has 1 saturated carbocycles. The summed E-state index contributed by atoms with van der Waals surface area (Å²) in [4.78, 5) is 15.0. The molecular formula is C31H39N5O8. The highest BCUT2D eigenvalue weighted by atomic mass is 16.7. The molecular weight excluding hydrogens is 570 g/mol. The quantitative estimate of drug-likeness (QED) is 0.185. The van der Waals surface area contributed by atoms with Gasteiger partial charge in [0.2, 0.25) is 0 Å². The monoisotopic (exact) mass is 609 g/mol. The average molecular weight is 610 g/mol. The van der Waals surface area contributed by atoms with Crippen LogP contribution in [-0.2, 0) is 27.4 Å². The molecule has 2 aliphatic carbocycles. The third-order valence-corrected chi connectivity index (χ3v) is 8.23. The molecule has 1 aromatic carbocycles. The average Bonchev–Trinajstić information content (AvgIpc) is 3.48. The predicted octanol–water partition coefficient (Wildman–Crippen LogP) is -1.35. The second-order valence-electron chi connectivity index (χ2n) is 11.5. The van der Waals surface area contributed by atoms with Crippen LogP contribution < -0.4 is 10.0 Å². The van der Waals surface area contributed by atoms with Crippen molar-refractivity contribution in [2.45, 2.75) is 62.3 Å². The van der Waals surface area contributed by atoms with Crippen LogP contribution in [0.3, 0.4) is 0 Å². The molecule has 1 aromatic heterocycles. The summed E-state index contributed by atoms with van der Waals surface area (Å²) >= 11 is 0. The molecule has 13 heteroatoms. The lowest BCUT2D eigenvalue weighted by atomic mass is 9.69. The van der Waals surface area contributed by atoms with Crippen LogP contribution in [0.2, 0.25) is 0 Å². The van der Waals surface area contributed by atoms with Gasteiger partial charge in [0.05, 0.1) is 19.4 Å². The van der Waals surface area contributed by atoms with E-state index in [0.29, 0.717) is 29.9 Å². The normalized spacial score (nSPS) is 28.4. The number of rotatable bonds is 10. The molecule has 236 valence electrons. The summed E-state index contributed by atoms with van der Waals surface area (Å²) in [6.45, 7) is 0.707. The molecule has 2 unspecified atom stereocenters. The molecule has 0 bridgehead atoms. The number of aryl methyl sites for hydroxylation is 1. The van der Waals surface area contributed by atoms with Crippen LogP contribution >= 0.6 is 0 Å². The lowest BCUT2D eigenvalue weighted by Gasteiger charge is -2.44. The van der Waals surface area contributed by atoms with Crippen LogP contribution in [0.4, 0.5) is 5.69 Å². The Morgan fingerprint density at radius 1 is 1.07 bits per heavy atom. The lowest BCUT2D eigenvalue weighted by molar-refractivity contribution is -0.462. The van der Waals surface area contributed by atoms with E-state index >= 15 is 0 Å². The molecule has 4 N–H and O–H groups in total. The maximum atomic E-state index is 13.0. The van der Waals surface area contributed by atoms with Crippen molar-refractivity contribution in [2.75, 3.05) is 39.2 Å². The summed E-state index contributed by atoms with van der Waals surface area (Å²) < 4.78 is 14.5. The summed E-state index contributed by atoms with van der Waals surface area (Å²) in [5, 5.41) is 60.4. The number of benzene rings is 1. The third kappa shape index (κ3) is 6.59. The van der Waals surface area contributed by atoms with E-state index in [4.69, 9.17) is 9.47 Å². The van der Waals surface area contributed by atoms with Gasteiger partial charge in [-0.15, -0.1) is 5.10 Å². The predicted molar refractivity (Wildman–Crippen MR) is 157 cm³/mol. The lowest BCUT2D eigenvalue weighted by Crippen LogP contribution is -2.59. The first kappa shape index (κ1) is 31.9. The van der Waals surface area contributed by atoms with E-state index in [1.54, 1.807) is 10.9 Å². The number of nitrogens with zero attached hydrogens (tertiary/aromatic N) is 5. The smallest absolute Gasteiger partial charge is 0.199 e. The van der Waals surface area contributed by atoms with Gasteiger partial charge in [-0.2, -0.15) is 0 Å². The zero-order valence-electron chi connectivity index (χ0n) is 24.9. The topological polar surface area (TPSA) is 176 Å². The highest BCUT2D eigenvalue weighted by Gasteiger charge is 2.44. The molecule has 0 amide bonds. The van der Waals surface area contributed by atoms with Crippen LogP contribution in [-0.4, -0.2) is 123 Å². The SMILES string of the molecule is CN(CCCn1cc(CO[C@@H]2O[C@H](CO)[C@@H](O)[C@H](O)[C@H]2O)nn1)c1ccc(C2C(=O)C(=C3C=CC(=[N+](C)C)C=C3)C2[O-])cc1. The van der Waals surface area contributed by atoms with Gasteiger partial charge in [0.1, 0.15) is 44.2 Å². The van der Waals surface area contributed by atoms with Gasteiger partial charge >= 0.3 is 0 Å². The number of aliphatic hydroxyl groups excluding tert-OH is 4. The van der Waals surface area contributed by atoms with E-state index < -0.39 is 49.3 Å². The number of carbonyl (C=O) groups excluding carboxylic acids is 1. The van der Waals surface area contributed by atoms with Crippen LogP contribution in [0.1, 0.15) is 23.6 Å². The van der Waals surface area contributed by atoms with Crippen molar-refractivity contribution in [2.24, 2.45) is 0 Å². The molecule has 5 rings (SSSR count). The summed E-state index contributed by atoms with van der Waals surface area (Å²) in [6.07, 6.45) is 2.12. The number of hydrogen-bond donors (Lipinski definition) is 4. The van der Waals surface area contributed by atoms with E-state index in [1.165, 1.54) is 0 Å². The number of carbonyl (C=O) groups is 1. The molecule has 3 aliphatic rings. The molecule has 0 spiro atoms. The van der Waals surface area contributed by atoms with Crippen LogP contribution in [0.15, 0.2) is 65.9 Å². The van der Waals surface area contributed by atoms with Gasteiger partial charge in [-0.25, -0.2) is 4.58 Å². The Bertz CT molecular complexity index is 1440. The van der Waals surface area contributed by atoms with E-state index in [-0.39, 0.29) is 12.4 Å². The summed E-state index contributed by atoms with van der Waals surface area (Å²) in [7, 11) is 5.84. The first-order valence-corrected chi connectivity index (χ1v) is 14.6. The molecule has 13 nitrogen and oxygen atoms in total. The van der Waals surface area contributed by atoms with Crippen molar-refractivity contribution in [1.29, 1.82) is 0 Å². The van der Waals surface area contributed by atoms with Crippen molar-refractivity contribution in [3.05, 3.63) is 77.2 Å². The Morgan fingerprint density at radius 3 is 2.41 bits per heavy atom. The molecule has 1 saturated heterocycles. The summed E-state index contributed by atoms with van der Waals surface area (Å²) in [5.74, 6) is -0.793. The maximum Gasteiger partial charge on any atom is 0.199 e. The number of ether oxygens (including phenoxy) is 2. The fourth-order valence-corrected chi connectivity index (χ4v) is 5.51. The van der Waals surface area contributed by atoms with Gasteiger partial charge in [0, 0.05) is 43.9 Å². The number of hydrogen-bond acceptors (Lipinski definition) is 11. The van der Waals surface area contributed by atoms with Crippen molar-refractivity contribution in [1.82, 2.24) is 15.0 Å². The van der Waals surface area contributed by atoms with Crippen molar-refractivity contribution < 1.29 is 44.4 Å². The molecule has 1 aliphatic heterocycles. The van der Waals surface area contributed by atoms with Gasteiger partial charge in [-0.05, 0) is 47.4 Å². The van der Waals surface area contributed by atoms with Crippen molar-refractivity contribution in [3.8, 4) is 0 Å². The standard InChI is InChI=1S/C31H39N5O8/c1-34(2)21-9-5-18(6-10-21)24-27(39)25(28(24)40)19-7-11-22(12-8-19)35(3)13-4-14-36-15-20(32-33-36)17-43-31-30(42)29(41)26(38)23(16-37)44-31/h5-12,15,23,25-27,29-31,37-38,41-42H,4,13-14,16-17H2,1-3H3/t23-,25?,26-,27?,29+,30-,31-/m1/s1. The Labute approximate surface area is 255 Å². The molecule has 2 fully saturated rings. The second kappa shape index (κ2) is 13.6. The molecule has 0 radical (unpaired) electrons. The highest BCUT2D eigenvalue weighted by molar-refractivity contribution is 6.11. The van der Waals surface area contributed by atoms with Crippen LogP contribution in [0, 0.1) is 0 Å². The van der Waals surface area contributed by atoms with Gasteiger partial charge in [-0.3, -0.25) is 9.48 Å². The molecule has 2 aromatic rings. The first-order chi connectivity index (χ1) is 21.1. The molecule has 44 heavy (non-hydrogen) atoms. The Morgan fingerprint density at radius 2 is 1.77 bits per heavy atom. The van der Waals surface area contributed by atoms with E-state index in [2.05, 4.69) is 15.2 Å². The van der Waals surface area contributed by atoms with Crippen molar-refractivity contribution in [3.63, 3.8) is 0 Å². The zero-order chi connectivity index (χ0) is 31.5. The number of Topliss-reactive ketones (excluding diaryl/α,β-unsaturated/α-hetero) is 1. The number of anilines is 1. The number of aromatic nitrogens is 3. The van der Waals surface area contributed by atoms with E-state index in [0.717, 1.165) is 23.4 Å². The number of allylic oxidation sites excluding steroid dienone is 5. The Hall–Kier alpha value is -3.56. The maximum absolute atomic E-state index is 13.0.